The van der Waals surface area contributed by atoms with E-state index in [-0.39, 0.29) is 0 Å². The van der Waals surface area contributed by atoms with Gasteiger partial charge in [-0.2, -0.15) is 0 Å². The Morgan fingerprint density at radius 2 is 0.857 bits per heavy atom. The maximum Gasteiger partial charge on any atom is 0.0786 e. The average Bonchev–Trinajstić information content (AvgIpc) is 2.48. The van der Waals surface area contributed by atoms with Crippen molar-refractivity contribution in [3.8, 4) is 0 Å². The molecule has 1 nitrogen and oxygen atoms in total. The Kier molecular flexibility index (Phi) is 15.7. The summed E-state index contributed by atoms with van der Waals surface area (Å²) in [7, 11) is 0. The molecule has 0 radical (unpaired) electrons. The van der Waals surface area contributed by atoms with Crippen molar-refractivity contribution in [2.75, 3.05) is 31.5 Å². The Hall–Kier alpha value is 0.440. The second-order valence-electron chi connectivity index (χ2n) is 6.75. The number of quaternary nitrogens is 1. The predicted octanol–water partition coefficient (Wildman–Crippen LogP) is 6.55. The zero-order chi connectivity index (χ0) is 15.8. The standard InChI is InChI=1S/C19H41BrN/c1-4-7-11-16-21(17-12-8-5-2,18-13-9-6-3)19-14-10-15-20/h4-19H2,1-3H3/q+1. The SMILES string of the molecule is CCCCC[N+](CCCCC)(CCCCC)CCCCBr. The van der Waals surface area contributed by atoms with Gasteiger partial charge in [0.2, 0.25) is 0 Å². The van der Waals surface area contributed by atoms with E-state index in [2.05, 4.69) is 36.7 Å². The normalized spacial score (nSPS) is 12.0. The van der Waals surface area contributed by atoms with Crippen LogP contribution in [0.4, 0.5) is 0 Å². The van der Waals surface area contributed by atoms with Crippen molar-refractivity contribution in [2.45, 2.75) is 91.4 Å². The highest BCUT2D eigenvalue weighted by Crippen LogP contribution is 2.18. The first-order valence-corrected chi connectivity index (χ1v) is 10.8. The molecular weight excluding hydrogens is 322 g/mol. The molecule has 0 aromatic carbocycles. The second-order valence-corrected chi connectivity index (χ2v) is 7.55. The fraction of sp³-hybridized carbons (Fsp3) is 1.00. The molecule has 0 rings (SSSR count). The molecule has 0 aliphatic carbocycles. The summed E-state index contributed by atoms with van der Waals surface area (Å²) in [6.45, 7) is 12.7. The van der Waals surface area contributed by atoms with Crippen molar-refractivity contribution >= 4 is 15.9 Å². The first kappa shape index (κ1) is 21.4. The number of alkyl halides is 1. The summed E-state index contributed by atoms with van der Waals surface area (Å²) in [5.74, 6) is 0. The van der Waals surface area contributed by atoms with Gasteiger partial charge < -0.3 is 4.48 Å². The van der Waals surface area contributed by atoms with Crippen molar-refractivity contribution in [1.29, 1.82) is 0 Å². The van der Waals surface area contributed by atoms with Gasteiger partial charge in [0.25, 0.3) is 0 Å². The molecule has 0 unspecified atom stereocenters. The Bertz CT molecular complexity index is 160. The zero-order valence-electron chi connectivity index (χ0n) is 15.1. The van der Waals surface area contributed by atoms with Crippen LogP contribution in [0, 0.1) is 0 Å². The van der Waals surface area contributed by atoms with Gasteiger partial charge >= 0.3 is 0 Å². The van der Waals surface area contributed by atoms with E-state index in [1.165, 1.54) is 107 Å². The van der Waals surface area contributed by atoms with Gasteiger partial charge in [-0.25, -0.2) is 0 Å². The van der Waals surface area contributed by atoms with E-state index in [1.807, 2.05) is 0 Å². The van der Waals surface area contributed by atoms with E-state index in [9.17, 15) is 0 Å². The van der Waals surface area contributed by atoms with Crippen LogP contribution in [0.3, 0.4) is 0 Å². The molecule has 0 aliphatic heterocycles. The number of unbranched alkanes of at least 4 members (excludes halogenated alkanes) is 7. The van der Waals surface area contributed by atoms with Gasteiger partial charge in [0.1, 0.15) is 0 Å². The highest BCUT2D eigenvalue weighted by atomic mass is 79.9. The molecule has 0 saturated carbocycles. The van der Waals surface area contributed by atoms with E-state index in [1.54, 1.807) is 0 Å². The Balaban J connectivity index is 4.52. The minimum atomic E-state index is 1.17. The lowest BCUT2D eigenvalue weighted by Crippen LogP contribution is -2.50. The minimum absolute atomic E-state index is 1.17. The molecule has 0 amide bonds. The minimum Gasteiger partial charge on any atom is -0.324 e. The van der Waals surface area contributed by atoms with Gasteiger partial charge in [0, 0.05) is 5.33 Å². The van der Waals surface area contributed by atoms with Crippen LogP contribution in [0.15, 0.2) is 0 Å². The van der Waals surface area contributed by atoms with E-state index in [0.717, 1.165) is 0 Å². The van der Waals surface area contributed by atoms with Gasteiger partial charge in [-0.05, 0) is 51.4 Å². The second kappa shape index (κ2) is 15.3. The number of halogens is 1. The molecule has 0 spiro atoms. The Morgan fingerprint density at radius 3 is 1.14 bits per heavy atom. The van der Waals surface area contributed by atoms with Crippen molar-refractivity contribution in [1.82, 2.24) is 0 Å². The van der Waals surface area contributed by atoms with Crippen LogP contribution in [0.25, 0.3) is 0 Å². The first-order valence-electron chi connectivity index (χ1n) is 9.65. The Labute approximate surface area is 143 Å². The third kappa shape index (κ3) is 11.6. The molecule has 0 N–H and O–H groups in total. The molecule has 0 aliphatic rings. The van der Waals surface area contributed by atoms with Crippen molar-refractivity contribution in [2.24, 2.45) is 0 Å². The van der Waals surface area contributed by atoms with Crippen LogP contribution in [-0.2, 0) is 0 Å². The summed E-state index contributed by atoms with van der Waals surface area (Å²) < 4.78 is 1.42. The van der Waals surface area contributed by atoms with Crippen LogP contribution < -0.4 is 0 Å². The summed E-state index contributed by atoms with van der Waals surface area (Å²) in [4.78, 5) is 0. The molecule has 0 aromatic rings. The molecule has 128 valence electrons. The zero-order valence-corrected chi connectivity index (χ0v) is 16.7. The molecule has 21 heavy (non-hydrogen) atoms. The first-order chi connectivity index (χ1) is 10.2. The number of nitrogens with zero attached hydrogens (tertiary/aromatic N) is 1. The molecule has 0 aromatic heterocycles. The summed E-state index contributed by atoms with van der Waals surface area (Å²) in [5.41, 5.74) is 0. The third-order valence-corrected chi connectivity index (χ3v) is 5.28. The van der Waals surface area contributed by atoms with Crippen molar-refractivity contribution < 1.29 is 4.48 Å². The largest absolute Gasteiger partial charge is 0.324 e. The van der Waals surface area contributed by atoms with Crippen LogP contribution in [-0.4, -0.2) is 36.0 Å². The fourth-order valence-corrected chi connectivity index (χ4v) is 3.70. The molecule has 0 fully saturated rings. The molecule has 0 bridgehead atoms. The van der Waals surface area contributed by atoms with Gasteiger partial charge in [-0.3, -0.25) is 0 Å². The van der Waals surface area contributed by atoms with Gasteiger partial charge in [0.05, 0.1) is 26.2 Å². The highest BCUT2D eigenvalue weighted by molar-refractivity contribution is 9.09. The topological polar surface area (TPSA) is 0 Å². The van der Waals surface area contributed by atoms with Crippen LogP contribution in [0.5, 0.6) is 0 Å². The summed E-state index contributed by atoms with van der Waals surface area (Å²) in [6.07, 6.45) is 15.3. The fourth-order valence-electron chi connectivity index (χ4n) is 3.30. The lowest BCUT2D eigenvalue weighted by atomic mass is 10.1. The predicted molar refractivity (Wildman–Crippen MR) is 101 cm³/mol. The van der Waals surface area contributed by atoms with Gasteiger partial charge in [0.15, 0.2) is 0 Å². The monoisotopic (exact) mass is 362 g/mol. The smallest absolute Gasteiger partial charge is 0.0786 e. The summed E-state index contributed by atoms with van der Waals surface area (Å²) in [5, 5.41) is 1.17. The number of hydrogen-bond acceptors (Lipinski definition) is 0. The molecule has 0 atom stereocenters. The van der Waals surface area contributed by atoms with Crippen LogP contribution in [0.1, 0.15) is 91.4 Å². The summed E-state index contributed by atoms with van der Waals surface area (Å²) >= 11 is 3.60. The highest BCUT2D eigenvalue weighted by Gasteiger charge is 2.25. The summed E-state index contributed by atoms with van der Waals surface area (Å²) in [6, 6.07) is 0. The van der Waals surface area contributed by atoms with E-state index < -0.39 is 0 Å². The van der Waals surface area contributed by atoms with E-state index >= 15 is 0 Å². The average molecular weight is 363 g/mol. The quantitative estimate of drug-likeness (QED) is 0.166. The van der Waals surface area contributed by atoms with Crippen molar-refractivity contribution in [3.63, 3.8) is 0 Å². The molecule has 2 heteroatoms. The lowest BCUT2D eigenvalue weighted by molar-refractivity contribution is -0.929. The van der Waals surface area contributed by atoms with Gasteiger partial charge in [-0.15, -0.1) is 0 Å². The maximum atomic E-state index is 3.60. The number of rotatable bonds is 16. The van der Waals surface area contributed by atoms with Crippen LogP contribution >= 0.6 is 15.9 Å². The molecule has 0 heterocycles. The van der Waals surface area contributed by atoms with Crippen molar-refractivity contribution in [3.05, 3.63) is 0 Å². The maximum absolute atomic E-state index is 3.60. The van der Waals surface area contributed by atoms with E-state index in [4.69, 9.17) is 0 Å². The lowest BCUT2D eigenvalue weighted by Gasteiger charge is -2.39. The van der Waals surface area contributed by atoms with Gasteiger partial charge in [-0.1, -0.05) is 56.0 Å². The van der Waals surface area contributed by atoms with E-state index in [0.29, 0.717) is 0 Å². The third-order valence-electron chi connectivity index (χ3n) is 4.72. The molecule has 0 saturated heterocycles. The number of hydrogen-bond donors (Lipinski definition) is 0. The molecular formula is C19H41BrN+. The Morgan fingerprint density at radius 1 is 0.524 bits per heavy atom. The van der Waals surface area contributed by atoms with Crippen LogP contribution in [0.2, 0.25) is 0 Å².